The number of ether oxygens (including phenoxy) is 2. The molecule has 0 radical (unpaired) electrons. The van der Waals surface area contributed by atoms with Gasteiger partial charge in [-0.15, -0.1) is 10.2 Å². The molecule has 0 aliphatic heterocycles. The topological polar surface area (TPSA) is 120 Å². The minimum absolute atomic E-state index is 0.205. The molecule has 0 aliphatic rings. The maximum atomic E-state index is 12.5. The molecule has 3 aromatic rings. The first kappa shape index (κ1) is 24.0. The lowest BCUT2D eigenvalue weighted by Gasteiger charge is -2.15. The number of amides is 2. The van der Waals surface area contributed by atoms with Crippen LogP contribution in [0.5, 0.6) is 11.5 Å². The van der Waals surface area contributed by atoms with Crippen LogP contribution in [0, 0.1) is 0 Å². The van der Waals surface area contributed by atoms with Gasteiger partial charge >= 0.3 is 0 Å². The number of nitrogens with zero attached hydrogens (tertiary/aromatic N) is 4. The molecule has 3 rings (SSSR count). The fourth-order valence-electron chi connectivity index (χ4n) is 2.80. The Hall–Kier alpha value is -3.66. The maximum Gasteiger partial charge on any atom is 0.269 e. The van der Waals surface area contributed by atoms with Crippen LogP contribution in [0.15, 0.2) is 42.5 Å². The van der Waals surface area contributed by atoms with Gasteiger partial charge in [-0.25, -0.2) is 0 Å². The normalized spacial score (nSPS) is 10.5. The number of hydrazine groups is 1. The number of carbonyl (C=O) groups excluding carboxylic acids is 2. The van der Waals surface area contributed by atoms with Crippen molar-refractivity contribution >= 4 is 23.4 Å². The number of hydrogen-bond acceptors (Lipinski definition) is 7. The minimum Gasteiger partial charge on any atom is -0.490 e. The second-order valence-corrected chi connectivity index (χ2v) is 7.34. The van der Waals surface area contributed by atoms with E-state index in [1.807, 2.05) is 37.3 Å². The van der Waals surface area contributed by atoms with Gasteiger partial charge in [0.1, 0.15) is 6.54 Å². The highest BCUT2D eigenvalue weighted by Gasteiger charge is 2.17. The van der Waals surface area contributed by atoms with Crippen LogP contribution in [0.3, 0.4) is 0 Å². The van der Waals surface area contributed by atoms with Gasteiger partial charge in [-0.05, 0) is 30.7 Å². The van der Waals surface area contributed by atoms with Gasteiger partial charge in [0, 0.05) is 11.1 Å². The highest BCUT2D eigenvalue weighted by atomic mass is 35.5. The Bertz CT molecular complexity index is 1090. The monoisotopic (exact) mass is 472 g/mol. The number of benzene rings is 2. The summed E-state index contributed by atoms with van der Waals surface area (Å²) < 4.78 is 11.3. The molecule has 1 aromatic heterocycles. The summed E-state index contributed by atoms with van der Waals surface area (Å²) in [5, 5.41) is 12.2. The van der Waals surface area contributed by atoms with Crippen molar-refractivity contribution in [1.82, 2.24) is 31.1 Å². The summed E-state index contributed by atoms with van der Waals surface area (Å²) in [6, 6.07) is 12.2. The first-order chi connectivity index (χ1) is 16.0. The van der Waals surface area contributed by atoms with Crippen molar-refractivity contribution in [2.24, 2.45) is 0 Å². The van der Waals surface area contributed by atoms with Gasteiger partial charge < -0.3 is 9.47 Å². The number of rotatable bonds is 10. The molecule has 0 saturated carbocycles. The van der Waals surface area contributed by atoms with Gasteiger partial charge in [0.2, 0.25) is 5.82 Å². The number of hydrogen-bond donors (Lipinski definition) is 2. The molecule has 0 aliphatic carbocycles. The average molecular weight is 473 g/mol. The fourth-order valence-corrected chi connectivity index (χ4v) is 3.07. The number of halogens is 1. The van der Waals surface area contributed by atoms with Crippen LogP contribution < -0.4 is 20.3 Å². The van der Waals surface area contributed by atoms with E-state index < -0.39 is 11.8 Å². The molecule has 2 aromatic carbocycles. The van der Waals surface area contributed by atoms with Gasteiger partial charge in [0.05, 0.1) is 18.2 Å². The quantitative estimate of drug-likeness (QED) is 0.343. The summed E-state index contributed by atoms with van der Waals surface area (Å²) >= 11 is 6.32. The van der Waals surface area contributed by atoms with E-state index in [1.165, 1.54) is 12.1 Å². The molecule has 11 heteroatoms. The van der Waals surface area contributed by atoms with E-state index in [0.717, 1.165) is 23.2 Å². The molecule has 0 saturated heterocycles. The zero-order chi connectivity index (χ0) is 23.6. The standard InChI is InChI=1S/C22H25ClN6O4/c1-3-5-11-33-20-17(23)12-16(13-18(20)32-4-2)22(31)26-24-19(30)14-29-27-21(25-28-29)15-9-7-6-8-10-15/h6-10,12-13H,3-5,11,14H2,1-2H3,(H,24,30)(H,26,31). The van der Waals surface area contributed by atoms with E-state index in [9.17, 15) is 9.59 Å². The molecule has 0 fully saturated rings. The molecule has 0 bridgehead atoms. The predicted molar refractivity (Wildman–Crippen MR) is 122 cm³/mol. The third-order valence-corrected chi connectivity index (χ3v) is 4.68. The largest absolute Gasteiger partial charge is 0.490 e. The second kappa shape index (κ2) is 11.8. The summed E-state index contributed by atoms with van der Waals surface area (Å²) in [4.78, 5) is 25.9. The van der Waals surface area contributed by atoms with Crippen LogP contribution in [-0.4, -0.2) is 45.2 Å². The third-order valence-electron chi connectivity index (χ3n) is 4.40. The van der Waals surface area contributed by atoms with Crippen LogP contribution >= 0.6 is 11.6 Å². The molecule has 174 valence electrons. The Morgan fingerprint density at radius 2 is 1.88 bits per heavy atom. The van der Waals surface area contributed by atoms with E-state index >= 15 is 0 Å². The molecule has 2 amide bonds. The van der Waals surface area contributed by atoms with Crippen LogP contribution in [0.2, 0.25) is 5.02 Å². The van der Waals surface area contributed by atoms with Crippen molar-refractivity contribution in [1.29, 1.82) is 0 Å². The predicted octanol–water partition coefficient (Wildman–Crippen LogP) is 3.03. The Kier molecular flexibility index (Phi) is 8.59. The molecule has 2 N–H and O–H groups in total. The van der Waals surface area contributed by atoms with Gasteiger partial charge in [-0.2, -0.15) is 4.80 Å². The van der Waals surface area contributed by atoms with Crippen molar-refractivity contribution in [3.05, 3.63) is 53.1 Å². The van der Waals surface area contributed by atoms with Crippen LogP contribution in [0.25, 0.3) is 11.4 Å². The first-order valence-electron chi connectivity index (χ1n) is 10.5. The molecule has 1 heterocycles. The second-order valence-electron chi connectivity index (χ2n) is 6.93. The lowest BCUT2D eigenvalue weighted by molar-refractivity contribution is -0.122. The fraction of sp³-hybridized carbons (Fsp3) is 0.318. The molecular formula is C22H25ClN6O4. The van der Waals surface area contributed by atoms with E-state index in [2.05, 4.69) is 33.2 Å². The Labute approximate surface area is 196 Å². The molecule has 33 heavy (non-hydrogen) atoms. The van der Waals surface area contributed by atoms with E-state index in [0.29, 0.717) is 30.5 Å². The summed E-state index contributed by atoms with van der Waals surface area (Å²) in [6.45, 7) is 4.50. The molecule has 0 unspecified atom stereocenters. The minimum atomic E-state index is -0.567. The number of nitrogens with one attached hydrogen (secondary N) is 2. The molecular weight excluding hydrogens is 448 g/mol. The Morgan fingerprint density at radius 3 is 2.61 bits per heavy atom. The van der Waals surface area contributed by atoms with E-state index in [-0.39, 0.29) is 17.1 Å². The van der Waals surface area contributed by atoms with Crippen LogP contribution in [0.4, 0.5) is 0 Å². The van der Waals surface area contributed by atoms with Crippen molar-refractivity contribution in [2.75, 3.05) is 13.2 Å². The number of unbranched alkanes of at least 4 members (excludes halogenated alkanes) is 1. The number of tetrazole rings is 1. The van der Waals surface area contributed by atoms with Crippen molar-refractivity contribution in [2.45, 2.75) is 33.2 Å². The average Bonchev–Trinajstić information content (AvgIpc) is 3.28. The summed E-state index contributed by atoms with van der Waals surface area (Å²) in [5.74, 6) is 0.0440. The summed E-state index contributed by atoms with van der Waals surface area (Å²) in [7, 11) is 0. The molecule has 0 atom stereocenters. The summed E-state index contributed by atoms with van der Waals surface area (Å²) in [6.07, 6.45) is 1.84. The molecule has 10 nitrogen and oxygen atoms in total. The first-order valence-corrected chi connectivity index (χ1v) is 10.9. The van der Waals surface area contributed by atoms with Gasteiger partial charge in [0.15, 0.2) is 11.5 Å². The smallest absolute Gasteiger partial charge is 0.269 e. The van der Waals surface area contributed by atoms with E-state index in [4.69, 9.17) is 21.1 Å². The lowest BCUT2D eigenvalue weighted by Crippen LogP contribution is -2.43. The van der Waals surface area contributed by atoms with Crippen molar-refractivity contribution in [3.8, 4) is 22.9 Å². The third kappa shape index (κ3) is 6.66. The maximum absolute atomic E-state index is 12.5. The van der Waals surface area contributed by atoms with Gasteiger partial charge in [-0.1, -0.05) is 55.3 Å². The molecule has 0 spiro atoms. The van der Waals surface area contributed by atoms with Crippen molar-refractivity contribution < 1.29 is 19.1 Å². The number of aromatic nitrogens is 4. The SMILES string of the molecule is CCCCOc1c(Cl)cc(C(=O)NNC(=O)Cn2nnc(-c3ccccc3)n2)cc1OCC. The van der Waals surface area contributed by atoms with Gasteiger partial charge in [0.25, 0.3) is 11.8 Å². The zero-order valence-corrected chi connectivity index (χ0v) is 19.1. The highest BCUT2D eigenvalue weighted by Crippen LogP contribution is 2.36. The Morgan fingerprint density at radius 1 is 1.09 bits per heavy atom. The van der Waals surface area contributed by atoms with Gasteiger partial charge in [-0.3, -0.25) is 20.4 Å². The van der Waals surface area contributed by atoms with Crippen LogP contribution in [-0.2, 0) is 11.3 Å². The van der Waals surface area contributed by atoms with Crippen LogP contribution in [0.1, 0.15) is 37.0 Å². The highest BCUT2D eigenvalue weighted by molar-refractivity contribution is 6.32. The number of carbonyl (C=O) groups is 2. The zero-order valence-electron chi connectivity index (χ0n) is 18.4. The summed E-state index contributed by atoms with van der Waals surface area (Å²) in [5.41, 5.74) is 5.65. The Balaban J connectivity index is 1.59. The lowest BCUT2D eigenvalue weighted by atomic mass is 10.2. The van der Waals surface area contributed by atoms with Crippen molar-refractivity contribution in [3.63, 3.8) is 0 Å². The van der Waals surface area contributed by atoms with E-state index in [1.54, 1.807) is 0 Å².